The van der Waals surface area contributed by atoms with Gasteiger partial charge in [-0.05, 0) is 59.6 Å². The Morgan fingerprint density at radius 2 is 1.84 bits per heavy atom. The Labute approximate surface area is 128 Å². The maximum Gasteiger partial charge on any atom is 0.0599 e. The van der Waals surface area contributed by atoms with Crippen LogP contribution in [0.25, 0.3) is 0 Å². The van der Waals surface area contributed by atoms with E-state index in [1.807, 2.05) is 19.2 Å². The lowest BCUT2D eigenvalue weighted by atomic mass is 9.94. The fourth-order valence-corrected chi connectivity index (χ4v) is 2.99. The van der Waals surface area contributed by atoms with Crippen molar-refractivity contribution >= 4 is 27.5 Å². The van der Waals surface area contributed by atoms with E-state index < -0.39 is 0 Å². The standard InChI is InChI=1S/C16H17BrClN/c1-10-7-8-12(11(2)9-10)16(19-3)13-5-4-6-14(17)15(13)18/h4-9,16,19H,1-3H3. The van der Waals surface area contributed by atoms with Crippen LogP contribution in [0.4, 0.5) is 0 Å². The Morgan fingerprint density at radius 1 is 1.11 bits per heavy atom. The molecule has 1 N–H and O–H groups in total. The first-order valence-corrected chi connectivity index (χ1v) is 7.40. The summed E-state index contributed by atoms with van der Waals surface area (Å²) < 4.78 is 0.927. The fraction of sp³-hybridized carbons (Fsp3) is 0.250. The van der Waals surface area contributed by atoms with Crippen molar-refractivity contribution in [3.63, 3.8) is 0 Å². The van der Waals surface area contributed by atoms with Gasteiger partial charge < -0.3 is 5.32 Å². The molecule has 3 heteroatoms. The minimum absolute atomic E-state index is 0.102. The highest BCUT2D eigenvalue weighted by Crippen LogP contribution is 2.34. The molecule has 1 atom stereocenters. The van der Waals surface area contributed by atoms with Gasteiger partial charge in [-0.25, -0.2) is 0 Å². The van der Waals surface area contributed by atoms with Crippen molar-refractivity contribution in [1.82, 2.24) is 5.32 Å². The van der Waals surface area contributed by atoms with Gasteiger partial charge in [0, 0.05) is 4.47 Å². The van der Waals surface area contributed by atoms with E-state index in [0.29, 0.717) is 0 Å². The second-order valence-corrected chi connectivity index (χ2v) is 5.96. The van der Waals surface area contributed by atoms with Crippen molar-refractivity contribution < 1.29 is 0 Å². The molecular weight excluding hydrogens is 322 g/mol. The van der Waals surface area contributed by atoms with Crippen molar-refractivity contribution in [2.24, 2.45) is 0 Å². The van der Waals surface area contributed by atoms with Gasteiger partial charge >= 0.3 is 0 Å². The topological polar surface area (TPSA) is 12.0 Å². The fourth-order valence-electron chi connectivity index (χ4n) is 2.37. The Hall–Kier alpha value is -0.830. The third-order valence-corrected chi connectivity index (χ3v) is 4.63. The zero-order valence-corrected chi connectivity index (χ0v) is 13.6. The molecule has 0 heterocycles. The highest BCUT2D eigenvalue weighted by Gasteiger charge is 2.18. The van der Waals surface area contributed by atoms with E-state index in [9.17, 15) is 0 Å². The van der Waals surface area contributed by atoms with Gasteiger partial charge in [0.25, 0.3) is 0 Å². The zero-order valence-electron chi connectivity index (χ0n) is 11.3. The van der Waals surface area contributed by atoms with Gasteiger partial charge in [-0.1, -0.05) is 47.5 Å². The van der Waals surface area contributed by atoms with E-state index in [1.165, 1.54) is 16.7 Å². The molecule has 0 aromatic heterocycles. The van der Waals surface area contributed by atoms with E-state index in [4.69, 9.17) is 11.6 Å². The molecule has 0 saturated heterocycles. The molecular formula is C16H17BrClN. The zero-order chi connectivity index (χ0) is 14.0. The van der Waals surface area contributed by atoms with E-state index in [-0.39, 0.29) is 6.04 Å². The number of hydrogen-bond acceptors (Lipinski definition) is 1. The molecule has 0 saturated carbocycles. The lowest BCUT2D eigenvalue weighted by molar-refractivity contribution is 0.687. The number of rotatable bonds is 3. The van der Waals surface area contributed by atoms with Gasteiger partial charge in [0.05, 0.1) is 11.1 Å². The number of hydrogen-bond donors (Lipinski definition) is 1. The van der Waals surface area contributed by atoms with Crippen LogP contribution in [-0.2, 0) is 0 Å². The highest BCUT2D eigenvalue weighted by atomic mass is 79.9. The van der Waals surface area contributed by atoms with Crippen LogP contribution in [0.15, 0.2) is 40.9 Å². The van der Waals surface area contributed by atoms with Crippen molar-refractivity contribution in [3.8, 4) is 0 Å². The summed E-state index contributed by atoms with van der Waals surface area (Å²) >= 11 is 9.90. The van der Waals surface area contributed by atoms with Crippen LogP contribution in [0, 0.1) is 13.8 Å². The summed E-state index contributed by atoms with van der Waals surface area (Å²) in [5.74, 6) is 0. The predicted octanol–water partition coefficient (Wildman–Crippen LogP) is 5.03. The average Bonchev–Trinajstić information content (AvgIpc) is 2.37. The molecule has 2 aromatic rings. The first kappa shape index (κ1) is 14.6. The molecule has 0 radical (unpaired) electrons. The summed E-state index contributed by atoms with van der Waals surface area (Å²) in [6, 6.07) is 12.6. The summed E-state index contributed by atoms with van der Waals surface area (Å²) in [7, 11) is 1.96. The van der Waals surface area contributed by atoms with Crippen LogP contribution in [0.1, 0.15) is 28.3 Å². The van der Waals surface area contributed by atoms with E-state index in [1.54, 1.807) is 0 Å². The Bertz CT molecular complexity index is 595. The lowest BCUT2D eigenvalue weighted by Gasteiger charge is -2.21. The average molecular weight is 339 g/mol. The molecule has 0 amide bonds. The molecule has 1 unspecified atom stereocenters. The molecule has 0 aliphatic heterocycles. The predicted molar refractivity (Wildman–Crippen MR) is 86.0 cm³/mol. The Kier molecular flexibility index (Phi) is 4.67. The van der Waals surface area contributed by atoms with Crippen molar-refractivity contribution in [1.29, 1.82) is 0 Å². The van der Waals surface area contributed by atoms with E-state index in [0.717, 1.165) is 15.1 Å². The largest absolute Gasteiger partial charge is 0.309 e. The molecule has 0 bridgehead atoms. The summed E-state index contributed by atoms with van der Waals surface area (Å²) in [5, 5.41) is 4.12. The lowest BCUT2D eigenvalue weighted by Crippen LogP contribution is -2.19. The smallest absolute Gasteiger partial charge is 0.0599 e. The molecule has 0 aliphatic carbocycles. The second-order valence-electron chi connectivity index (χ2n) is 4.72. The first-order valence-electron chi connectivity index (χ1n) is 6.23. The summed E-state index contributed by atoms with van der Waals surface area (Å²) in [5.41, 5.74) is 4.89. The van der Waals surface area contributed by atoms with Gasteiger partial charge in [0.15, 0.2) is 0 Å². The number of aryl methyl sites for hydroxylation is 2. The van der Waals surface area contributed by atoms with Gasteiger partial charge in [-0.15, -0.1) is 0 Å². The van der Waals surface area contributed by atoms with Crippen LogP contribution in [0.2, 0.25) is 5.02 Å². The number of benzene rings is 2. The third-order valence-electron chi connectivity index (χ3n) is 3.32. The SMILES string of the molecule is CNC(c1ccc(C)cc1C)c1cccc(Br)c1Cl. The Balaban J connectivity index is 2.53. The highest BCUT2D eigenvalue weighted by molar-refractivity contribution is 9.10. The van der Waals surface area contributed by atoms with E-state index >= 15 is 0 Å². The number of halogens is 2. The molecule has 2 rings (SSSR count). The first-order chi connectivity index (χ1) is 9.04. The van der Waals surface area contributed by atoms with Crippen LogP contribution in [-0.4, -0.2) is 7.05 Å². The Morgan fingerprint density at radius 3 is 2.47 bits per heavy atom. The van der Waals surface area contributed by atoms with Crippen molar-refractivity contribution in [2.75, 3.05) is 7.05 Å². The summed E-state index contributed by atoms with van der Waals surface area (Å²) in [6.45, 7) is 4.25. The van der Waals surface area contributed by atoms with Crippen LogP contribution >= 0.6 is 27.5 Å². The maximum atomic E-state index is 6.41. The third kappa shape index (κ3) is 3.02. The van der Waals surface area contributed by atoms with Crippen molar-refractivity contribution in [3.05, 3.63) is 68.1 Å². The van der Waals surface area contributed by atoms with E-state index in [2.05, 4.69) is 59.4 Å². The maximum absolute atomic E-state index is 6.41. The number of nitrogens with one attached hydrogen (secondary N) is 1. The van der Waals surface area contributed by atoms with Gasteiger partial charge in [0.2, 0.25) is 0 Å². The van der Waals surface area contributed by atoms with Gasteiger partial charge in [0.1, 0.15) is 0 Å². The van der Waals surface area contributed by atoms with Gasteiger partial charge in [-0.2, -0.15) is 0 Å². The minimum atomic E-state index is 0.102. The molecule has 1 nitrogen and oxygen atoms in total. The normalized spacial score (nSPS) is 12.5. The second kappa shape index (κ2) is 6.08. The molecule has 0 spiro atoms. The van der Waals surface area contributed by atoms with Crippen molar-refractivity contribution in [2.45, 2.75) is 19.9 Å². The molecule has 2 aromatic carbocycles. The molecule has 0 aliphatic rings. The van der Waals surface area contributed by atoms with Crippen LogP contribution < -0.4 is 5.32 Å². The summed E-state index contributed by atoms with van der Waals surface area (Å²) in [6.07, 6.45) is 0. The minimum Gasteiger partial charge on any atom is -0.309 e. The quantitative estimate of drug-likeness (QED) is 0.828. The molecule has 0 fully saturated rings. The van der Waals surface area contributed by atoms with Crippen LogP contribution in [0.5, 0.6) is 0 Å². The molecule has 19 heavy (non-hydrogen) atoms. The molecule has 100 valence electrons. The van der Waals surface area contributed by atoms with Gasteiger partial charge in [-0.3, -0.25) is 0 Å². The van der Waals surface area contributed by atoms with Crippen LogP contribution in [0.3, 0.4) is 0 Å². The summed E-state index contributed by atoms with van der Waals surface area (Å²) in [4.78, 5) is 0. The monoisotopic (exact) mass is 337 g/mol.